The molecule has 0 saturated heterocycles. The average Bonchev–Trinajstić information content (AvgIpc) is 3.21. The molecule has 1 aromatic heterocycles. The van der Waals surface area contributed by atoms with E-state index in [4.69, 9.17) is 0 Å². The molecule has 5 rings (SSSR count). The highest BCUT2D eigenvalue weighted by Crippen LogP contribution is 2.33. The zero-order valence-electron chi connectivity index (χ0n) is 19.8. The molecular formula is C29H26N2O4S. The van der Waals surface area contributed by atoms with Gasteiger partial charge in [-0.1, -0.05) is 60.5 Å². The van der Waals surface area contributed by atoms with Gasteiger partial charge in [0.15, 0.2) is 5.78 Å². The van der Waals surface area contributed by atoms with Crippen molar-refractivity contribution in [2.75, 3.05) is 5.32 Å². The van der Waals surface area contributed by atoms with Gasteiger partial charge in [-0.15, -0.1) is 0 Å². The Balaban J connectivity index is 1.55. The number of aryl methyl sites for hydroxylation is 1. The van der Waals surface area contributed by atoms with Crippen LogP contribution in [0.15, 0.2) is 90.0 Å². The molecule has 0 spiro atoms. The van der Waals surface area contributed by atoms with Gasteiger partial charge in [0, 0.05) is 23.1 Å². The molecule has 1 amide bonds. The highest BCUT2D eigenvalue weighted by atomic mass is 32.2. The number of fused-ring (bicyclic) bond motifs is 1. The van der Waals surface area contributed by atoms with Crippen LogP contribution >= 0.6 is 0 Å². The second-order valence-corrected chi connectivity index (χ2v) is 10.9. The molecule has 6 nitrogen and oxygen atoms in total. The first kappa shape index (κ1) is 23.8. The van der Waals surface area contributed by atoms with E-state index in [0.717, 1.165) is 30.4 Å². The largest absolute Gasteiger partial charge is 0.324 e. The molecule has 1 aliphatic carbocycles. The molecule has 0 unspecified atom stereocenters. The summed E-state index contributed by atoms with van der Waals surface area (Å²) in [7, 11) is -3.91. The van der Waals surface area contributed by atoms with Crippen molar-refractivity contribution in [3.8, 4) is 0 Å². The topological polar surface area (TPSA) is 85.2 Å². The number of carbonyl (C=O) groups excluding carboxylic acids is 2. The Labute approximate surface area is 210 Å². The van der Waals surface area contributed by atoms with Crippen LogP contribution in [-0.2, 0) is 14.8 Å². The lowest BCUT2D eigenvalue weighted by Gasteiger charge is -2.23. The van der Waals surface area contributed by atoms with Gasteiger partial charge in [-0.3, -0.25) is 9.59 Å². The number of nitrogens with zero attached hydrogens (tertiary/aromatic N) is 1. The van der Waals surface area contributed by atoms with Crippen molar-refractivity contribution in [1.82, 2.24) is 3.97 Å². The monoisotopic (exact) mass is 498 g/mol. The van der Waals surface area contributed by atoms with Crippen molar-refractivity contribution < 1.29 is 18.0 Å². The lowest BCUT2D eigenvalue weighted by molar-refractivity contribution is -0.122. The Morgan fingerprint density at radius 1 is 0.972 bits per heavy atom. The number of nitrogens with one attached hydrogen (secondary N) is 1. The standard InChI is InChI=1S/C29H26N2O4S/c1-20-10-12-21(13-11-20)14-17-28(32)23-15-16-27-25(18-23)26(30-29(33)22-6-5-7-22)19-31(27)36(34,35)24-8-3-2-4-9-24/h2-4,8-19,22H,5-7H2,1H3,(H,30,33)/b17-14+. The van der Waals surface area contributed by atoms with E-state index in [2.05, 4.69) is 5.32 Å². The minimum absolute atomic E-state index is 0.0728. The van der Waals surface area contributed by atoms with Crippen LogP contribution in [0.3, 0.4) is 0 Å². The molecule has 182 valence electrons. The summed E-state index contributed by atoms with van der Waals surface area (Å²) in [5.74, 6) is -0.419. The van der Waals surface area contributed by atoms with Crippen molar-refractivity contribution in [3.63, 3.8) is 0 Å². The fraction of sp³-hybridized carbons (Fsp3) is 0.172. The first-order chi connectivity index (χ1) is 17.3. The van der Waals surface area contributed by atoms with Gasteiger partial charge in [-0.25, -0.2) is 12.4 Å². The van der Waals surface area contributed by atoms with E-state index in [9.17, 15) is 18.0 Å². The molecule has 0 radical (unpaired) electrons. The molecule has 36 heavy (non-hydrogen) atoms. The number of benzene rings is 3. The van der Waals surface area contributed by atoms with Crippen molar-refractivity contribution in [2.45, 2.75) is 31.1 Å². The van der Waals surface area contributed by atoms with Crippen LogP contribution in [0.2, 0.25) is 0 Å². The Morgan fingerprint density at radius 2 is 1.69 bits per heavy atom. The fourth-order valence-corrected chi connectivity index (χ4v) is 5.60. The second-order valence-electron chi connectivity index (χ2n) is 9.11. The summed E-state index contributed by atoms with van der Waals surface area (Å²) >= 11 is 0. The van der Waals surface area contributed by atoms with Crippen molar-refractivity contribution >= 4 is 44.4 Å². The van der Waals surface area contributed by atoms with E-state index in [0.29, 0.717) is 22.2 Å². The van der Waals surface area contributed by atoms with Crippen molar-refractivity contribution in [1.29, 1.82) is 0 Å². The van der Waals surface area contributed by atoms with Gasteiger partial charge < -0.3 is 5.32 Å². The predicted octanol–water partition coefficient (Wildman–Crippen LogP) is 5.82. The summed E-state index contributed by atoms with van der Waals surface area (Å²) in [6.07, 6.45) is 7.32. The third-order valence-corrected chi connectivity index (χ3v) is 8.28. The van der Waals surface area contributed by atoms with Crippen molar-refractivity contribution in [3.05, 3.63) is 102 Å². The zero-order chi connectivity index (χ0) is 25.3. The molecular weight excluding hydrogens is 472 g/mol. The molecule has 1 aliphatic rings. The highest BCUT2D eigenvalue weighted by molar-refractivity contribution is 7.90. The Kier molecular flexibility index (Phi) is 6.33. The van der Waals surface area contributed by atoms with Crippen LogP contribution in [0.1, 0.15) is 40.7 Å². The number of ketones is 1. The van der Waals surface area contributed by atoms with E-state index in [1.165, 1.54) is 28.4 Å². The Hall–Kier alpha value is -3.97. The minimum atomic E-state index is -3.91. The van der Waals surface area contributed by atoms with Gasteiger partial charge in [-0.05, 0) is 61.7 Å². The number of hydrogen-bond donors (Lipinski definition) is 1. The molecule has 1 saturated carbocycles. The van der Waals surface area contributed by atoms with Gasteiger partial charge in [0.1, 0.15) is 0 Å². The first-order valence-corrected chi connectivity index (χ1v) is 13.3. The van der Waals surface area contributed by atoms with E-state index in [-0.39, 0.29) is 22.5 Å². The average molecular weight is 499 g/mol. The molecule has 1 N–H and O–H groups in total. The number of carbonyl (C=O) groups is 2. The lowest BCUT2D eigenvalue weighted by atomic mass is 9.85. The van der Waals surface area contributed by atoms with E-state index in [1.54, 1.807) is 42.5 Å². The van der Waals surface area contributed by atoms with E-state index >= 15 is 0 Å². The Morgan fingerprint density at radius 3 is 2.36 bits per heavy atom. The maximum atomic E-state index is 13.4. The lowest BCUT2D eigenvalue weighted by Crippen LogP contribution is -2.28. The van der Waals surface area contributed by atoms with E-state index < -0.39 is 10.0 Å². The second kappa shape index (κ2) is 9.59. The summed E-state index contributed by atoms with van der Waals surface area (Å²) in [6.45, 7) is 2.00. The van der Waals surface area contributed by atoms with Crippen LogP contribution < -0.4 is 5.32 Å². The van der Waals surface area contributed by atoms with E-state index in [1.807, 2.05) is 31.2 Å². The summed E-state index contributed by atoms with van der Waals surface area (Å²) in [6, 6.07) is 20.8. The number of rotatable bonds is 7. The molecule has 0 bridgehead atoms. The molecule has 0 aliphatic heterocycles. The summed E-state index contributed by atoms with van der Waals surface area (Å²) in [5, 5.41) is 3.40. The quantitative estimate of drug-likeness (QED) is 0.257. The SMILES string of the molecule is Cc1ccc(/C=C/C(=O)c2ccc3c(c2)c(NC(=O)C2CCC2)cn3S(=O)(=O)c2ccccc2)cc1. The molecule has 1 fully saturated rings. The molecule has 4 aromatic rings. The molecule has 0 atom stereocenters. The van der Waals surface area contributed by atoms with Crippen LogP contribution in [0, 0.1) is 12.8 Å². The van der Waals surface area contributed by atoms with Gasteiger partial charge in [0.05, 0.1) is 16.1 Å². The smallest absolute Gasteiger partial charge is 0.268 e. The molecule has 3 aromatic carbocycles. The zero-order valence-corrected chi connectivity index (χ0v) is 20.7. The first-order valence-electron chi connectivity index (χ1n) is 11.9. The van der Waals surface area contributed by atoms with Crippen molar-refractivity contribution in [2.24, 2.45) is 5.92 Å². The van der Waals surface area contributed by atoms with Gasteiger partial charge in [0.25, 0.3) is 10.0 Å². The third-order valence-electron chi connectivity index (χ3n) is 6.59. The fourth-order valence-electron chi connectivity index (χ4n) is 4.21. The van der Waals surface area contributed by atoms with Crippen LogP contribution in [0.25, 0.3) is 17.0 Å². The summed E-state index contributed by atoms with van der Waals surface area (Å²) in [4.78, 5) is 25.8. The number of aromatic nitrogens is 1. The van der Waals surface area contributed by atoms with Crippen LogP contribution in [-0.4, -0.2) is 24.1 Å². The Bertz CT molecular complexity index is 1580. The number of allylic oxidation sites excluding steroid dienone is 1. The maximum absolute atomic E-state index is 13.4. The third kappa shape index (κ3) is 4.62. The van der Waals surface area contributed by atoms with Gasteiger partial charge >= 0.3 is 0 Å². The normalized spacial score (nSPS) is 14.1. The number of amides is 1. The molecule has 1 heterocycles. The maximum Gasteiger partial charge on any atom is 0.268 e. The highest BCUT2D eigenvalue weighted by Gasteiger charge is 2.27. The molecule has 7 heteroatoms. The minimum Gasteiger partial charge on any atom is -0.324 e. The number of hydrogen-bond acceptors (Lipinski definition) is 4. The summed E-state index contributed by atoms with van der Waals surface area (Å²) < 4.78 is 28.0. The predicted molar refractivity (Wildman–Crippen MR) is 141 cm³/mol. The number of anilines is 1. The summed E-state index contributed by atoms with van der Waals surface area (Å²) in [5.41, 5.74) is 3.21. The van der Waals surface area contributed by atoms with Gasteiger partial charge in [-0.2, -0.15) is 0 Å². The van der Waals surface area contributed by atoms with Gasteiger partial charge in [0.2, 0.25) is 5.91 Å². The van der Waals surface area contributed by atoms with Crippen LogP contribution in [0.4, 0.5) is 5.69 Å². The van der Waals surface area contributed by atoms with Crippen LogP contribution in [0.5, 0.6) is 0 Å².